The third kappa shape index (κ3) is 3.64. The molecule has 0 aromatic rings. The van der Waals surface area contributed by atoms with E-state index < -0.39 is 0 Å². The SMILES string of the molecule is CC(=O)N1CCC[C@H](COCCN)C1. The van der Waals surface area contributed by atoms with E-state index in [0.29, 0.717) is 19.1 Å². The summed E-state index contributed by atoms with van der Waals surface area (Å²) in [4.78, 5) is 13.0. The summed E-state index contributed by atoms with van der Waals surface area (Å²) < 4.78 is 5.39. The maximum Gasteiger partial charge on any atom is 0.219 e. The summed E-state index contributed by atoms with van der Waals surface area (Å²) in [6.07, 6.45) is 2.25. The summed E-state index contributed by atoms with van der Waals surface area (Å²) in [5, 5.41) is 0. The van der Waals surface area contributed by atoms with Crippen LogP contribution in [0.5, 0.6) is 0 Å². The first-order chi connectivity index (χ1) is 6.74. The quantitative estimate of drug-likeness (QED) is 0.660. The lowest BCUT2D eigenvalue weighted by Gasteiger charge is -2.31. The van der Waals surface area contributed by atoms with E-state index in [-0.39, 0.29) is 5.91 Å². The van der Waals surface area contributed by atoms with E-state index >= 15 is 0 Å². The first-order valence-electron chi connectivity index (χ1n) is 5.27. The summed E-state index contributed by atoms with van der Waals surface area (Å²) in [5.74, 6) is 0.674. The summed E-state index contributed by atoms with van der Waals surface area (Å²) in [6.45, 7) is 5.31. The van der Waals surface area contributed by atoms with E-state index in [0.717, 1.165) is 32.5 Å². The Balaban J connectivity index is 2.22. The van der Waals surface area contributed by atoms with Crippen molar-refractivity contribution in [3.05, 3.63) is 0 Å². The molecule has 1 aliphatic rings. The lowest BCUT2D eigenvalue weighted by Crippen LogP contribution is -2.40. The van der Waals surface area contributed by atoms with Gasteiger partial charge in [-0.05, 0) is 18.8 Å². The molecular formula is C10H20N2O2. The van der Waals surface area contributed by atoms with Crippen molar-refractivity contribution in [1.29, 1.82) is 0 Å². The molecule has 0 aromatic heterocycles. The normalized spacial score (nSPS) is 22.4. The van der Waals surface area contributed by atoms with Gasteiger partial charge in [0.25, 0.3) is 0 Å². The highest BCUT2D eigenvalue weighted by molar-refractivity contribution is 5.73. The molecule has 82 valence electrons. The third-order valence-corrected chi connectivity index (χ3v) is 2.58. The van der Waals surface area contributed by atoms with Gasteiger partial charge in [-0.1, -0.05) is 0 Å². The van der Waals surface area contributed by atoms with Gasteiger partial charge in [0, 0.05) is 26.6 Å². The van der Waals surface area contributed by atoms with Crippen molar-refractivity contribution in [2.24, 2.45) is 11.7 Å². The van der Waals surface area contributed by atoms with Crippen molar-refractivity contribution in [3.63, 3.8) is 0 Å². The maximum absolute atomic E-state index is 11.1. The summed E-state index contributed by atoms with van der Waals surface area (Å²) in [6, 6.07) is 0. The van der Waals surface area contributed by atoms with Crippen LogP contribution in [0.1, 0.15) is 19.8 Å². The van der Waals surface area contributed by atoms with Gasteiger partial charge in [0.15, 0.2) is 0 Å². The van der Waals surface area contributed by atoms with Crippen molar-refractivity contribution in [2.75, 3.05) is 32.8 Å². The fourth-order valence-electron chi connectivity index (χ4n) is 1.82. The lowest BCUT2D eigenvalue weighted by atomic mass is 9.99. The molecule has 1 heterocycles. The Hall–Kier alpha value is -0.610. The van der Waals surface area contributed by atoms with Gasteiger partial charge >= 0.3 is 0 Å². The summed E-state index contributed by atoms with van der Waals surface area (Å²) in [7, 11) is 0. The predicted molar refractivity (Wildman–Crippen MR) is 54.9 cm³/mol. The van der Waals surface area contributed by atoms with Crippen LogP contribution in [0.3, 0.4) is 0 Å². The molecule has 0 aliphatic carbocycles. The molecule has 2 N–H and O–H groups in total. The number of carbonyl (C=O) groups excluding carboxylic acids is 1. The Labute approximate surface area is 85.4 Å². The van der Waals surface area contributed by atoms with Gasteiger partial charge in [0.05, 0.1) is 13.2 Å². The zero-order valence-corrected chi connectivity index (χ0v) is 8.87. The zero-order chi connectivity index (χ0) is 10.4. The van der Waals surface area contributed by atoms with Gasteiger partial charge in [0.2, 0.25) is 5.91 Å². The number of likely N-dealkylation sites (tertiary alicyclic amines) is 1. The molecule has 4 heteroatoms. The second-order valence-corrected chi connectivity index (χ2v) is 3.84. The Morgan fingerprint density at radius 1 is 1.64 bits per heavy atom. The number of hydrogen-bond donors (Lipinski definition) is 1. The number of ether oxygens (including phenoxy) is 1. The minimum absolute atomic E-state index is 0.175. The molecule has 1 fully saturated rings. The minimum atomic E-state index is 0.175. The van der Waals surface area contributed by atoms with Crippen LogP contribution in [-0.4, -0.2) is 43.7 Å². The van der Waals surface area contributed by atoms with Crippen LogP contribution in [-0.2, 0) is 9.53 Å². The van der Waals surface area contributed by atoms with E-state index in [9.17, 15) is 4.79 Å². The van der Waals surface area contributed by atoms with Gasteiger partial charge < -0.3 is 15.4 Å². The Kier molecular flexibility index (Phi) is 4.90. The lowest BCUT2D eigenvalue weighted by molar-refractivity contribution is -0.131. The van der Waals surface area contributed by atoms with Crippen LogP contribution in [0.2, 0.25) is 0 Å². The van der Waals surface area contributed by atoms with Crippen molar-refractivity contribution >= 4 is 5.91 Å². The van der Waals surface area contributed by atoms with E-state index in [1.807, 2.05) is 4.90 Å². The molecular weight excluding hydrogens is 180 g/mol. The fraction of sp³-hybridized carbons (Fsp3) is 0.900. The highest BCUT2D eigenvalue weighted by Gasteiger charge is 2.21. The topological polar surface area (TPSA) is 55.6 Å². The first-order valence-corrected chi connectivity index (χ1v) is 5.27. The average molecular weight is 200 g/mol. The van der Waals surface area contributed by atoms with Crippen molar-refractivity contribution in [1.82, 2.24) is 4.90 Å². The fourth-order valence-corrected chi connectivity index (χ4v) is 1.82. The molecule has 0 spiro atoms. The van der Waals surface area contributed by atoms with Crippen LogP contribution in [0, 0.1) is 5.92 Å². The molecule has 1 aliphatic heterocycles. The molecule has 0 aromatic carbocycles. The van der Waals surface area contributed by atoms with Gasteiger partial charge in [-0.2, -0.15) is 0 Å². The third-order valence-electron chi connectivity index (χ3n) is 2.58. The van der Waals surface area contributed by atoms with Crippen molar-refractivity contribution in [3.8, 4) is 0 Å². The maximum atomic E-state index is 11.1. The average Bonchev–Trinajstić information content (AvgIpc) is 2.19. The van der Waals surface area contributed by atoms with Crippen LogP contribution >= 0.6 is 0 Å². The van der Waals surface area contributed by atoms with Crippen LogP contribution < -0.4 is 5.73 Å². The molecule has 1 saturated heterocycles. The zero-order valence-electron chi connectivity index (χ0n) is 8.87. The second-order valence-electron chi connectivity index (χ2n) is 3.84. The predicted octanol–water partition coefficient (Wildman–Crippen LogP) is 0.220. The van der Waals surface area contributed by atoms with E-state index in [2.05, 4.69) is 0 Å². The van der Waals surface area contributed by atoms with E-state index in [1.54, 1.807) is 6.92 Å². The van der Waals surface area contributed by atoms with Gasteiger partial charge in [0.1, 0.15) is 0 Å². The number of hydrogen-bond acceptors (Lipinski definition) is 3. The molecule has 0 bridgehead atoms. The van der Waals surface area contributed by atoms with Gasteiger partial charge in [-0.15, -0.1) is 0 Å². The molecule has 0 saturated carbocycles. The van der Waals surface area contributed by atoms with E-state index in [4.69, 9.17) is 10.5 Å². The van der Waals surface area contributed by atoms with Crippen LogP contribution in [0.25, 0.3) is 0 Å². The van der Waals surface area contributed by atoms with Gasteiger partial charge in [-0.25, -0.2) is 0 Å². The summed E-state index contributed by atoms with van der Waals surface area (Å²) in [5.41, 5.74) is 5.33. The second kappa shape index (κ2) is 5.98. The molecule has 14 heavy (non-hydrogen) atoms. The standard InChI is InChI=1S/C10H20N2O2/c1-9(13)12-5-2-3-10(7-12)8-14-6-4-11/h10H,2-8,11H2,1H3/t10-/m0/s1. The number of nitrogens with two attached hydrogens (primary N) is 1. The molecule has 1 amide bonds. The Morgan fingerprint density at radius 3 is 3.07 bits per heavy atom. The largest absolute Gasteiger partial charge is 0.380 e. The molecule has 1 rings (SSSR count). The molecule has 0 unspecified atom stereocenters. The minimum Gasteiger partial charge on any atom is -0.380 e. The number of amides is 1. The Morgan fingerprint density at radius 2 is 2.43 bits per heavy atom. The van der Waals surface area contributed by atoms with Crippen LogP contribution in [0.4, 0.5) is 0 Å². The highest BCUT2D eigenvalue weighted by Crippen LogP contribution is 2.16. The number of nitrogens with zero attached hydrogens (tertiary/aromatic N) is 1. The van der Waals surface area contributed by atoms with E-state index in [1.165, 1.54) is 0 Å². The Bertz CT molecular complexity index is 185. The highest BCUT2D eigenvalue weighted by atomic mass is 16.5. The van der Waals surface area contributed by atoms with Crippen molar-refractivity contribution in [2.45, 2.75) is 19.8 Å². The number of rotatable bonds is 4. The van der Waals surface area contributed by atoms with Gasteiger partial charge in [-0.3, -0.25) is 4.79 Å². The summed E-state index contributed by atoms with van der Waals surface area (Å²) >= 11 is 0. The first kappa shape index (κ1) is 11.5. The van der Waals surface area contributed by atoms with Crippen molar-refractivity contribution < 1.29 is 9.53 Å². The van der Waals surface area contributed by atoms with Crippen LogP contribution in [0.15, 0.2) is 0 Å². The molecule has 4 nitrogen and oxygen atoms in total. The smallest absolute Gasteiger partial charge is 0.219 e. The number of carbonyl (C=O) groups is 1. The molecule has 1 atom stereocenters. The number of piperidine rings is 1. The molecule has 0 radical (unpaired) electrons. The monoisotopic (exact) mass is 200 g/mol.